The molecule has 1 aromatic carbocycles. The Labute approximate surface area is 128 Å². The molecule has 0 saturated heterocycles. The minimum absolute atomic E-state index is 1.17. The van der Waals surface area contributed by atoms with Crippen molar-refractivity contribution in [3.05, 3.63) is 41.1 Å². The van der Waals surface area contributed by atoms with Gasteiger partial charge in [-0.1, -0.05) is 50.8 Å². The lowest BCUT2D eigenvalue weighted by atomic mass is 9.94. The van der Waals surface area contributed by atoms with E-state index in [9.17, 15) is 0 Å². The van der Waals surface area contributed by atoms with Gasteiger partial charge in [-0.15, -0.1) is 0 Å². The van der Waals surface area contributed by atoms with Crippen LogP contribution in [0, 0.1) is 0 Å². The van der Waals surface area contributed by atoms with Crippen molar-refractivity contribution in [2.75, 3.05) is 0 Å². The molecule has 0 aliphatic heterocycles. The first-order valence-electron chi connectivity index (χ1n) is 8.79. The Morgan fingerprint density at radius 1 is 0.905 bits per heavy atom. The van der Waals surface area contributed by atoms with E-state index in [1.54, 1.807) is 11.1 Å². The molecule has 21 heavy (non-hydrogen) atoms. The van der Waals surface area contributed by atoms with Crippen LogP contribution in [-0.2, 0) is 19.3 Å². The lowest BCUT2D eigenvalue weighted by Crippen LogP contribution is -2.04. The van der Waals surface area contributed by atoms with Gasteiger partial charge in [0.25, 0.3) is 0 Å². The van der Waals surface area contributed by atoms with E-state index in [1.165, 1.54) is 80.8 Å². The van der Waals surface area contributed by atoms with E-state index in [0.29, 0.717) is 0 Å². The highest BCUT2D eigenvalue weighted by molar-refractivity contribution is 5.83. The number of benzene rings is 1. The molecule has 1 aromatic heterocycles. The average Bonchev–Trinajstić information content (AvgIpc) is 2.77. The molecule has 0 spiro atoms. The van der Waals surface area contributed by atoms with Crippen LogP contribution in [0.3, 0.4) is 0 Å². The maximum absolute atomic E-state index is 5.03. The van der Waals surface area contributed by atoms with Crippen molar-refractivity contribution in [1.29, 1.82) is 0 Å². The normalized spacial score (nSPS) is 14.9. The Morgan fingerprint density at radius 2 is 1.71 bits per heavy atom. The number of hydrogen-bond acceptors (Lipinski definition) is 1. The number of fused-ring (bicyclic) bond motifs is 3. The molecule has 0 fully saturated rings. The average molecular weight is 281 g/mol. The third-order valence-electron chi connectivity index (χ3n) is 4.82. The van der Waals surface area contributed by atoms with Crippen molar-refractivity contribution in [2.24, 2.45) is 0 Å². The number of unbranched alkanes of at least 4 members (excludes halogenated alkanes) is 3. The maximum Gasteiger partial charge on any atom is 0.0708 e. The molecule has 1 nitrogen and oxygen atoms in total. The second-order valence-electron chi connectivity index (χ2n) is 6.40. The van der Waals surface area contributed by atoms with Crippen LogP contribution >= 0.6 is 0 Å². The van der Waals surface area contributed by atoms with Crippen LogP contribution in [0.5, 0.6) is 0 Å². The zero-order valence-corrected chi connectivity index (χ0v) is 13.3. The van der Waals surface area contributed by atoms with Gasteiger partial charge in [0.15, 0.2) is 0 Å². The summed E-state index contributed by atoms with van der Waals surface area (Å²) in [6.45, 7) is 2.28. The van der Waals surface area contributed by atoms with Gasteiger partial charge in [0.1, 0.15) is 0 Å². The molecular weight excluding hydrogens is 254 g/mol. The minimum atomic E-state index is 1.17. The summed E-state index contributed by atoms with van der Waals surface area (Å²) >= 11 is 0. The number of hydrogen-bond donors (Lipinski definition) is 0. The molecular formula is C20H27N. The Morgan fingerprint density at radius 3 is 2.57 bits per heavy atom. The molecule has 0 radical (unpaired) electrons. The molecule has 0 atom stereocenters. The Balaban J connectivity index is 1.96. The summed E-state index contributed by atoms with van der Waals surface area (Å²) in [7, 11) is 0. The molecule has 0 unspecified atom stereocenters. The van der Waals surface area contributed by atoms with E-state index in [-0.39, 0.29) is 0 Å². The summed E-state index contributed by atoms with van der Waals surface area (Å²) in [5.74, 6) is 0. The van der Waals surface area contributed by atoms with Crippen LogP contribution in [0.2, 0.25) is 0 Å². The van der Waals surface area contributed by atoms with E-state index in [0.717, 1.165) is 0 Å². The molecule has 0 N–H and O–H groups in total. The van der Waals surface area contributed by atoms with E-state index in [4.69, 9.17) is 4.98 Å². The number of aromatic nitrogens is 1. The van der Waals surface area contributed by atoms with Crippen LogP contribution in [-0.4, -0.2) is 4.98 Å². The fourth-order valence-electron chi connectivity index (χ4n) is 3.66. The smallest absolute Gasteiger partial charge is 0.0708 e. The van der Waals surface area contributed by atoms with Gasteiger partial charge in [0.2, 0.25) is 0 Å². The van der Waals surface area contributed by atoms with E-state index < -0.39 is 0 Å². The Bertz CT molecular complexity index is 600. The van der Waals surface area contributed by atoms with Crippen LogP contribution in [0.4, 0.5) is 0 Å². The van der Waals surface area contributed by atoms with Gasteiger partial charge < -0.3 is 0 Å². The minimum Gasteiger partial charge on any atom is -0.253 e. The standard InChI is InChI=1S/C20H27N/c1-2-3-4-8-14-19-17-12-7-5-6-11-16(17)18-13-9-10-15-20(18)21-19/h9-10,13,15H,2-8,11-12,14H2,1H3. The third kappa shape index (κ3) is 3.28. The van der Waals surface area contributed by atoms with Crippen LogP contribution in [0.15, 0.2) is 24.3 Å². The first kappa shape index (κ1) is 14.6. The highest BCUT2D eigenvalue weighted by Gasteiger charge is 2.16. The van der Waals surface area contributed by atoms with Crippen molar-refractivity contribution >= 4 is 10.9 Å². The first-order chi connectivity index (χ1) is 10.4. The fourth-order valence-corrected chi connectivity index (χ4v) is 3.66. The van der Waals surface area contributed by atoms with E-state index in [1.807, 2.05) is 0 Å². The molecule has 0 saturated carbocycles. The highest BCUT2D eigenvalue weighted by atomic mass is 14.7. The van der Waals surface area contributed by atoms with E-state index in [2.05, 4.69) is 31.2 Å². The van der Waals surface area contributed by atoms with Gasteiger partial charge in [-0.05, 0) is 55.7 Å². The number of pyridine rings is 1. The number of nitrogens with zero attached hydrogens (tertiary/aromatic N) is 1. The van der Waals surface area contributed by atoms with Gasteiger partial charge in [-0.2, -0.15) is 0 Å². The molecule has 0 bridgehead atoms. The van der Waals surface area contributed by atoms with Crippen LogP contribution in [0.25, 0.3) is 10.9 Å². The highest BCUT2D eigenvalue weighted by Crippen LogP contribution is 2.30. The quantitative estimate of drug-likeness (QED) is 0.511. The molecule has 2 aromatic rings. The summed E-state index contributed by atoms with van der Waals surface area (Å²) in [5, 5.41) is 1.41. The van der Waals surface area contributed by atoms with Crippen molar-refractivity contribution in [2.45, 2.75) is 71.1 Å². The fraction of sp³-hybridized carbons (Fsp3) is 0.550. The zero-order valence-electron chi connectivity index (χ0n) is 13.3. The molecule has 1 aliphatic rings. The molecule has 1 aliphatic carbocycles. The molecule has 112 valence electrons. The Hall–Kier alpha value is -1.37. The molecule has 1 heteroatoms. The van der Waals surface area contributed by atoms with Crippen molar-refractivity contribution in [3.8, 4) is 0 Å². The van der Waals surface area contributed by atoms with Crippen LogP contribution in [0.1, 0.15) is 68.7 Å². The Kier molecular flexibility index (Phi) is 4.90. The second-order valence-corrected chi connectivity index (χ2v) is 6.40. The lowest BCUT2D eigenvalue weighted by Gasteiger charge is -2.15. The summed E-state index contributed by atoms with van der Waals surface area (Å²) in [6, 6.07) is 8.75. The maximum atomic E-state index is 5.03. The predicted molar refractivity (Wildman–Crippen MR) is 90.8 cm³/mol. The van der Waals surface area contributed by atoms with Gasteiger partial charge in [-0.25, -0.2) is 0 Å². The monoisotopic (exact) mass is 281 g/mol. The van der Waals surface area contributed by atoms with Gasteiger partial charge >= 0.3 is 0 Å². The first-order valence-corrected chi connectivity index (χ1v) is 8.79. The summed E-state index contributed by atoms with van der Waals surface area (Å²) in [4.78, 5) is 5.03. The van der Waals surface area contributed by atoms with E-state index >= 15 is 0 Å². The molecule has 1 heterocycles. The number of aryl methyl sites for hydroxylation is 2. The lowest BCUT2D eigenvalue weighted by molar-refractivity contribution is 0.656. The second kappa shape index (κ2) is 7.06. The SMILES string of the molecule is CCCCCCc1nc2ccccc2c2c1CCCCC2. The number of rotatable bonds is 5. The zero-order chi connectivity index (χ0) is 14.5. The predicted octanol–water partition coefficient (Wildman–Crippen LogP) is 5.63. The van der Waals surface area contributed by atoms with Crippen molar-refractivity contribution < 1.29 is 0 Å². The van der Waals surface area contributed by atoms with Crippen LogP contribution < -0.4 is 0 Å². The largest absolute Gasteiger partial charge is 0.253 e. The van der Waals surface area contributed by atoms with Crippen molar-refractivity contribution in [1.82, 2.24) is 4.98 Å². The summed E-state index contributed by atoms with van der Waals surface area (Å²) in [6.07, 6.45) is 13.0. The summed E-state index contributed by atoms with van der Waals surface area (Å²) in [5.41, 5.74) is 5.83. The number of para-hydroxylation sites is 1. The molecule has 3 rings (SSSR count). The van der Waals surface area contributed by atoms with Gasteiger partial charge in [0, 0.05) is 11.1 Å². The summed E-state index contributed by atoms with van der Waals surface area (Å²) < 4.78 is 0. The van der Waals surface area contributed by atoms with Crippen molar-refractivity contribution in [3.63, 3.8) is 0 Å². The molecule has 0 amide bonds. The van der Waals surface area contributed by atoms with Gasteiger partial charge in [0.05, 0.1) is 5.52 Å². The van der Waals surface area contributed by atoms with Gasteiger partial charge in [-0.3, -0.25) is 4.98 Å². The topological polar surface area (TPSA) is 12.9 Å². The third-order valence-corrected chi connectivity index (χ3v) is 4.82.